The Balaban J connectivity index is -0.0000000406. The molecule has 0 aliphatic carbocycles. The van der Waals surface area contributed by atoms with Crippen LogP contribution in [0.3, 0.4) is 0 Å². The van der Waals surface area contributed by atoms with Crippen LogP contribution < -0.4 is 15.3 Å². The van der Waals surface area contributed by atoms with Crippen molar-refractivity contribution in [2.75, 3.05) is 21.3 Å². The van der Waals surface area contributed by atoms with Crippen LogP contribution in [0.5, 0.6) is 0 Å². The van der Waals surface area contributed by atoms with Crippen LogP contribution in [0.1, 0.15) is 0 Å². The van der Waals surface area contributed by atoms with Gasteiger partial charge in [0.05, 0.1) is 0 Å². The Morgan fingerprint density at radius 3 is 1.08 bits per heavy atom. The van der Waals surface area contributed by atoms with Crippen LogP contribution in [0, 0.1) is 0 Å². The Morgan fingerprint density at radius 2 is 1.00 bits per heavy atom. The van der Waals surface area contributed by atoms with Crippen molar-refractivity contribution in [2.24, 2.45) is 0 Å². The minimum atomic E-state index is 0. The zero-order chi connectivity index (χ0) is 9.54. The van der Waals surface area contributed by atoms with Crippen LogP contribution >= 0.6 is 0 Å². The molecule has 1 aromatic carbocycles. The van der Waals surface area contributed by atoms with Gasteiger partial charge >= 0.3 is 21.7 Å². The second kappa shape index (κ2) is 44.3. The van der Waals surface area contributed by atoms with Crippen LogP contribution in [0.2, 0.25) is 0 Å². The molecule has 0 aliphatic heterocycles. The smallest absolute Gasteiger partial charge is 0.857 e. The summed E-state index contributed by atoms with van der Waals surface area (Å²) in [6, 6.07) is 10.0. The van der Waals surface area contributed by atoms with E-state index in [4.69, 9.17) is 15.3 Å². The van der Waals surface area contributed by atoms with Crippen LogP contribution in [-0.4, -0.2) is 21.3 Å². The van der Waals surface area contributed by atoms with Gasteiger partial charge in [0.25, 0.3) is 0 Å². The molecule has 68 valence electrons. The zero-order valence-corrected chi connectivity index (χ0v) is 9.17. The van der Waals surface area contributed by atoms with Gasteiger partial charge in [-0.1, -0.05) is 0 Å². The first-order chi connectivity index (χ1) is 5.50. The van der Waals surface area contributed by atoms with Gasteiger partial charge in [-0.3, -0.25) is 0 Å². The summed E-state index contributed by atoms with van der Waals surface area (Å²) < 4.78 is 0. The molecular formula is C8H14O3Ti. The molecule has 0 atom stereocenters. The second-order valence-electron chi connectivity index (χ2n) is 0.962. The fourth-order valence-electron chi connectivity index (χ4n) is 0.321. The summed E-state index contributed by atoms with van der Waals surface area (Å²) >= 11 is 0. The van der Waals surface area contributed by atoms with Crippen LogP contribution in [-0.2, 0) is 21.7 Å². The van der Waals surface area contributed by atoms with Crippen molar-refractivity contribution in [3.05, 3.63) is 30.3 Å². The molecule has 0 saturated heterocycles. The summed E-state index contributed by atoms with van der Waals surface area (Å²) in [7, 11) is 2.25. The van der Waals surface area contributed by atoms with E-state index in [2.05, 4.69) is 0 Å². The maximum absolute atomic E-state index is 8.25. The van der Waals surface area contributed by atoms with E-state index in [1.165, 1.54) is 0 Å². The Hall–Kier alpha value is -0.0557. The van der Waals surface area contributed by atoms with E-state index in [-0.39, 0.29) is 21.7 Å². The van der Waals surface area contributed by atoms with Crippen LogP contribution in [0.25, 0.3) is 0 Å². The average molecular weight is 206 g/mol. The standard InChI is InChI=1S/C5H5.3CH3O.Ti/c1-2-4-5-3-1;3*1-2;/h1-5H;3*1H3;/q4*-1;+4. The molecule has 0 bridgehead atoms. The summed E-state index contributed by atoms with van der Waals surface area (Å²) in [5.74, 6) is 0. The topological polar surface area (TPSA) is 69.2 Å². The SMILES string of the molecule is C[O-].C[O-].C[O-].[Ti+4].c1cc[cH-]c1. The van der Waals surface area contributed by atoms with E-state index < -0.39 is 0 Å². The first-order valence-electron chi connectivity index (χ1n) is 2.89. The molecule has 12 heavy (non-hydrogen) atoms. The predicted octanol–water partition coefficient (Wildman–Crippen LogP) is -1.67. The normalized spacial score (nSPS) is 4.83. The third-order valence-corrected chi connectivity index (χ3v) is 0.556. The largest absolute Gasteiger partial charge is 4.00 e. The number of rotatable bonds is 0. The molecule has 3 nitrogen and oxygen atoms in total. The van der Waals surface area contributed by atoms with E-state index in [1.807, 2.05) is 30.3 Å². The predicted molar refractivity (Wildman–Crippen MR) is 39.8 cm³/mol. The molecule has 0 aliphatic rings. The Kier molecular flexibility index (Phi) is 83.6. The molecule has 0 N–H and O–H groups in total. The first kappa shape index (κ1) is 22.7. The van der Waals surface area contributed by atoms with Crippen molar-refractivity contribution < 1.29 is 37.0 Å². The van der Waals surface area contributed by atoms with Gasteiger partial charge in [0.15, 0.2) is 0 Å². The van der Waals surface area contributed by atoms with E-state index in [1.54, 1.807) is 0 Å². The number of hydrogen-bond acceptors (Lipinski definition) is 3. The maximum Gasteiger partial charge on any atom is 4.00 e. The van der Waals surface area contributed by atoms with Gasteiger partial charge in [-0.2, -0.15) is 39.5 Å². The van der Waals surface area contributed by atoms with E-state index in [0.717, 1.165) is 21.3 Å². The van der Waals surface area contributed by atoms with Gasteiger partial charge in [-0.05, 0) is 0 Å². The molecular weight excluding hydrogens is 192 g/mol. The molecule has 0 fully saturated rings. The first-order valence-corrected chi connectivity index (χ1v) is 2.89. The average Bonchev–Trinajstić information content (AvgIpc) is 2.71. The van der Waals surface area contributed by atoms with Crippen molar-refractivity contribution in [2.45, 2.75) is 0 Å². The quantitative estimate of drug-likeness (QED) is 0.376. The van der Waals surface area contributed by atoms with Crippen LogP contribution in [0.15, 0.2) is 30.3 Å². The molecule has 0 heterocycles. The van der Waals surface area contributed by atoms with E-state index in [0.29, 0.717) is 0 Å². The van der Waals surface area contributed by atoms with Crippen molar-refractivity contribution >= 4 is 0 Å². The minimum Gasteiger partial charge on any atom is -0.857 e. The van der Waals surface area contributed by atoms with Crippen molar-refractivity contribution in [1.82, 2.24) is 0 Å². The van der Waals surface area contributed by atoms with Gasteiger partial charge in [-0.15, -0.1) is 0 Å². The maximum atomic E-state index is 8.25. The summed E-state index contributed by atoms with van der Waals surface area (Å²) in [6.07, 6.45) is 0. The summed E-state index contributed by atoms with van der Waals surface area (Å²) in [5, 5.41) is 24.8. The molecule has 0 aromatic heterocycles. The van der Waals surface area contributed by atoms with E-state index in [9.17, 15) is 0 Å². The fraction of sp³-hybridized carbons (Fsp3) is 0.375. The van der Waals surface area contributed by atoms with Crippen molar-refractivity contribution in [1.29, 1.82) is 0 Å². The van der Waals surface area contributed by atoms with Crippen molar-refractivity contribution in [3.8, 4) is 0 Å². The molecule has 0 saturated carbocycles. The molecule has 1 rings (SSSR count). The fourth-order valence-corrected chi connectivity index (χ4v) is 0.321. The van der Waals surface area contributed by atoms with Gasteiger partial charge in [0, 0.05) is 0 Å². The third-order valence-electron chi connectivity index (χ3n) is 0.556. The number of hydrogen-bond donors (Lipinski definition) is 0. The van der Waals surface area contributed by atoms with Gasteiger partial charge in [-0.25, -0.2) is 12.1 Å². The minimum absolute atomic E-state index is 0. The van der Waals surface area contributed by atoms with Crippen LogP contribution in [0.4, 0.5) is 0 Å². The third kappa shape index (κ3) is 32.5. The molecule has 0 amide bonds. The Bertz CT molecular complexity index is 70.8. The molecule has 4 heteroatoms. The summed E-state index contributed by atoms with van der Waals surface area (Å²) in [4.78, 5) is 0. The summed E-state index contributed by atoms with van der Waals surface area (Å²) in [5.41, 5.74) is 0. The Morgan fingerprint density at radius 1 is 0.750 bits per heavy atom. The Labute approximate surface area is 88.9 Å². The monoisotopic (exact) mass is 206 g/mol. The molecule has 0 spiro atoms. The van der Waals surface area contributed by atoms with Gasteiger partial charge < -0.3 is 15.3 Å². The van der Waals surface area contributed by atoms with Crippen molar-refractivity contribution in [3.63, 3.8) is 0 Å². The summed E-state index contributed by atoms with van der Waals surface area (Å²) in [6.45, 7) is 0. The molecule has 0 unspecified atom stereocenters. The van der Waals surface area contributed by atoms with Gasteiger partial charge in [0.2, 0.25) is 0 Å². The molecule has 1 aromatic rings. The second-order valence-corrected chi connectivity index (χ2v) is 0.962. The van der Waals surface area contributed by atoms with Gasteiger partial charge in [0.1, 0.15) is 0 Å². The molecule has 0 radical (unpaired) electrons. The zero-order valence-electron chi connectivity index (χ0n) is 7.61. The van der Waals surface area contributed by atoms with E-state index >= 15 is 0 Å².